The number of hydrogen-bond donors (Lipinski definition) is 0. The molecule has 0 aliphatic heterocycles. The summed E-state index contributed by atoms with van der Waals surface area (Å²) in [5.74, 6) is 0. The van der Waals surface area contributed by atoms with E-state index in [1.54, 1.807) is 0 Å². The number of rotatable bonds is 12. The van der Waals surface area contributed by atoms with Crippen LogP contribution in [0.15, 0.2) is 364 Å². The molecule has 12 aromatic rings. The average molecular weight is 1430 g/mol. The second kappa shape index (κ2) is 32.1. The van der Waals surface area contributed by atoms with Crippen molar-refractivity contribution >= 4 is 133 Å². The summed E-state index contributed by atoms with van der Waals surface area (Å²) < 4.78 is 18.4. The third-order valence-electron chi connectivity index (χ3n) is 12.7. The summed E-state index contributed by atoms with van der Waals surface area (Å²) in [4.78, 5) is 0. The zero-order valence-electron chi connectivity index (χ0n) is 43.1. The molecule has 0 atom stereocenters. The van der Waals surface area contributed by atoms with Crippen LogP contribution in [0.1, 0.15) is 0 Å². The van der Waals surface area contributed by atoms with Crippen molar-refractivity contribution in [1.82, 2.24) is 0 Å². The van der Waals surface area contributed by atoms with E-state index in [9.17, 15) is 0 Å². The van der Waals surface area contributed by atoms with Crippen LogP contribution in [0.4, 0.5) is 0 Å². The van der Waals surface area contributed by atoms with Crippen LogP contribution < -0.4 is 43.0 Å². The van der Waals surface area contributed by atoms with E-state index in [2.05, 4.69) is 364 Å². The molecule has 0 unspecified atom stereocenters. The molecular formula is C72H60SiSn4. The van der Waals surface area contributed by atoms with Gasteiger partial charge in [0.1, 0.15) is 0 Å². The van der Waals surface area contributed by atoms with Crippen molar-refractivity contribution < 1.29 is 0 Å². The Morgan fingerprint density at radius 1 is 0.104 bits per heavy atom. The van der Waals surface area contributed by atoms with Crippen LogP contribution >= 0.6 is 0 Å². The molecule has 12 aromatic carbocycles. The molecule has 0 nitrogen and oxygen atoms in total. The minimum atomic E-state index is -1.98. The standard InChI is InChI=1S/12C6H5.Si.4Sn/c12*1-2-4-6-5-3-1;;;;;/h12*1-5H;;;;;. The van der Waals surface area contributed by atoms with Gasteiger partial charge in [0.2, 0.25) is 0 Å². The van der Waals surface area contributed by atoms with Crippen LogP contribution in [0.2, 0.25) is 0 Å². The van der Waals surface area contributed by atoms with Gasteiger partial charge in [0.25, 0.3) is 0 Å². The van der Waals surface area contributed by atoms with E-state index in [4.69, 9.17) is 0 Å². The molecular weight excluding hydrogens is 1370 g/mol. The van der Waals surface area contributed by atoms with E-state index in [0.29, 0.717) is 0 Å². The quantitative estimate of drug-likeness (QED) is 0.108. The summed E-state index contributed by atoms with van der Waals surface area (Å²) in [6, 6.07) is 132. The van der Waals surface area contributed by atoms with Gasteiger partial charge in [0, 0.05) is 11.0 Å². The second-order valence-corrected chi connectivity index (χ2v) is 46.2. The van der Waals surface area contributed by atoms with E-state index in [0.717, 1.165) is 0 Å². The van der Waals surface area contributed by atoms with Gasteiger partial charge in [0.05, 0.1) is 0 Å². The van der Waals surface area contributed by atoms with E-state index in [-0.39, 0.29) is 11.0 Å². The van der Waals surface area contributed by atoms with Crippen molar-refractivity contribution in [3.63, 3.8) is 0 Å². The normalized spacial score (nSPS) is 10.4. The van der Waals surface area contributed by atoms with Crippen LogP contribution in [-0.4, -0.2) is 90.0 Å². The molecule has 0 saturated heterocycles. The zero-order chi connectivity index (χ0) is 51.7. The molecule has 12 rings (SSSR count). The fourth-order valence-electron chi connectivity index (χ4n) is 9.26. The summed E-state index contributed by atoms with van der Waals surface area (Å²) in [6.45, 7) is 0. The van der Waals surface area contributed by atoms with Gasteiger partial charge in [-0.25, -0.2) is 0 Å². The third-order valence-corrected chi connectivity index (χ3v) is 43.9. The summed E-state index contributed by atoms with van der Waals surface area (Å²) in [7, 11) is 0. The van der Waals surface area contributed by atoms with Crippen LogP contribution in [0.25, 0.3) is 0 Å². The molecule has 0 aliphatic rings. The van der Waals surface area contributed by atoms with Crippen molar-refractivity contribution in [2.45, 2.75) is 0 Å². The van der Waals surface area contributed by atoms with E-state index in [1.807, 2.05) is 0 Å². The number of benzene rings is 12. The molecule has 0 saturated carbocycles. The SMILES string of the molecule is [Si].c1cc[c]([Sn]([c]2ccccc2)[c]2ccccc2)cc1.c1cc[c]([Sn]([c]2ccccc2)[c]2ccccc2)cc1.c1cc[c]([Sn]([c]2ccccc2)[c]2ccccc2)cc1.c1cc[c]([Sn]([c]2ccccc2)[c]2ccccc2)cc1. The summed E-state index contributed by atoms with van der Waals surface area (Å²) in [5, 5.41) is 0. The molecule has 0 spiro atoms. The summed E-state index contributed by atoms with van der Waals surface area (Å²) in [6.07, 6.45) is 0. The maximum absolute atomic E-state index is 2.29. The Morgan fingerprint density at radius 3 is 0.234 bits per heavy atom. The molecule has 8 radical (unpaired) electrons. The van der Waals surface area contributed by atoms with Crippen molar-refractivity contribution in [2.75, 3.05) is 0 Å². The van der Waals surface area contributed by atoms with E-state index in [1.165, 1.54) is 43.0 Å². The van der Waals surface area contributed by atoms with E-state index < -0.39 is 79.0 Å². The fraction of sp³-hybridized carbons (Fsp3) is 0. The zero-order valence-corrected chi connectivity index (χ0v) is 55.6. The molecule has 0 heterocycles. The van der Waals surface area contributed by atoms with Crippen molar-refractivity contribution in [2.24, 2.45) is 0 Å². The Kier molecular flexibility index (Phi) is 23.8. The van der Waals surface area contributed by atoms with Gasteiger partial charge in [-0.2, -0.15) is 0 Å². The van der Waals surface area contributed by atoms with Crippen molar-refractivity contribution in [1.29, 1.82) is 0 Å². The van der Waals surface area contributed by atoms with Gasteiger partial charge < -0.3 is 0 Å². The van der Waals surface area contributed by atoms with Crippen LogP contribution in [0, 0.1) is 0 Å². The first-order chi connectivity index (χ1) is 37.8. The topological polar surface area (TPSA) is 0 Å². The van der Waals surface area contributed by atoms with Gasteiger partial charge >= 0.3 is 486 Å². The van der Waals surface area contributed by atoms with Crippen molar-refractivity contribution in [3.8, 4) is 0 Å². The molecule has 368 valence electrons. The van der Waals surface area contributed by atoms with Crippen LogP contribution in [0.5, 0.6) is 0 Å². The number of hydrogen-bond acceptors (Lipinski definition) is 0. The Hall–Kier alpha value is -5.95. The molecule has 0 N–H and O–H groups in total. The molecule has 0 amide bonds. The van der Waals surface area contributed by atoms with Crippen LogP contribution in [0.3, 0.4) is 0 Å². The predicted molar refractivity (Wildman–Crippen MR) is 342 cm³/mol. The van der Waals surface area contributed by atoms with Crippen molar-refractivity contribution in [3.05, 3.63) is 364 Å². The minimum absolute atomic E-state index is 0. The van der Waals surface area contributed by atoms with Gasteiger partial charge in [-0.15, -0.1) is 0 Å². The van der Waals surface area contributed by atoms with E-state index >= 15 is 0 Å². The van der Waals surface area contributed by atoms with Gasteiger partial charge in [0.15, 0.2) is 0 Å². The van der Waals surface area contributed by atoms with Gasteiger partial charge in [-0.1, -0.05) is 0 Å². The molecule has 0 bridgehead atoms. The second-order valence-electron chi connectivity index (χ2n) is 17.9. The molecule has 5 heteroatoms. The predicted octanol–water partition coefficient (Wildman–Crippen LogP) is 8.43. The summed E-state index contributed by atoms with van der Waals surface area (Å²) in [5.41, 5.74) is 0. The first-order valence-corrected chi connectivity index (χ1v) is 43.1. The average Bonchev–Trinajstić information content (AvgIpc) is 3.51. The third kappa shape index (κ3) is 17.0. The van der Waals surface area contributed by atoms with Gasteiger partial charge in [-0.3, -0.25) is 0 Å². The Labute approximate surface area is 491 Å². The molecule has 0 fully saturated rings. The Morgan fingerprint density at radius 2 is 0.169 bits per heavy atom. The summed E-state index contributed by atoms with van der Waals surface area (Å²) >= 11 is -7.93. The van der Waals surface area contributed by atoms with Crippen LogP contribution in [-0.2, 0) is 0 Å². The molecule has 77 heavy (non-hydrogen) atoms. The Balaban J connectivity index is 0.000000135. The maximum atomic E-state index is 2.29. The molecule has 0 aliphatic carbocycles. The molecule has 0 aromatic heterocycles. The van der Waals surface area contributed by atoms with Gasteiger partial charge in [-0.05, 0) is 0 Å². The monoisotopic (exact) mass is 1430 g/mol. The fourth-order valence-corrected chi connectivity index (χ4v) is 38.7. The first-order valence-electron chi connectivity index (χ1n) is 25.9. The Bertz CT molecular complexity index is 2580. The first kappa shape index (κ1) is 57.2.